The van der Waals surface area contributed by atoms with Crippen molar-refractivity contribution in [2.24, 2.45) is 5.10 Å². The van der Waals surface area contributed by atoms with E-state index >= 15 is 0 Å². The minimum atomic E-state index is -0.518. The third-order valence-electron chi connectivity index (χ3n) is 6.67. The van der Waals surface area contributed by atoms with Crippen molar-refractivity contribution >= 4 is 57.0 Å². The van der Waals surface area contributed by atoms with Crippen LogP contribution in [0.4, 0.5) is 0 Å². The van der Waals surface area contributed by atoms with E-state index in [1.807, 2.05) is 24.3 Å². The van der Waals surface area contributed by atoms with Crippen molar-refractivity contribution in [3.63, 3.8) is 0 Å². The number of ether oxygens (including phenoxy) is 1. The highest BCUT2D eigenvalue weighted by Gasteiger charge is 2.18. The van der Waals surface area contributed by atoms with Gasteiger partial charge in [-0.15, -0.1) is 11.3 Å². The Hall–Kier alpha value is -3.23. The van der Waals surface area contributed by atoms with Crippen molar-refractivity contribution in [2.45, 2.75) is 84.0 Å². The normalized spacial score (nSPS) is 11.2. The number of halogens is 1. The number of hydrogen-bond acceptors (Lipinski definition) is 6. The summed E-state index contributed by atoms with van der Waals surface area (Å²) in [6.07, 6.45) is 15.4. The summed E-state index contributed by atoms with van der Waals surface area (Å²) in [6.45, 7) is 2.12. The molecule has 7 nitrogen and oxygen atoms in total. The molecule has 0 aliphatic heterocycles. The van der Waals surface area contributed by atoms with Crippen LogP contribution in [-0.4, -0.2) is 30.5 Å². The van der Waals surface area contributed by atoms with Gasteiger partial charge in [-0.1, -0.05) is 101 Å². The molecule has 2 aromatic carbocycles. The molecule has 1 aromatic heterocycles. The summed E-state index contributed by atoms with van der Waals surface area (Å²) in [5.41, 5.74) is 3.10. The third kappa shape index (κ3) is 11.7. The summed E-state index contributed by atoms with van der Waals surface area (Å²) in [7, 11) is 0. The number of nitrogens with zero attached hydrogens (tertiary/aromatic N) is 1. The van der Waals surface area contributed by atoms with E-state index in [0.29, 0.717) is 27.6 Å². The second-order valence-electron chi connectivity index (χ2n) is 10.1. The van der Waals surface area contributed by atoms with Crippen molar-refractivity contribution in [1.82, 2.24) is 10.7 Å². The van der Waals surface area contributed by atoms with Crippen molar-refractivity contribution < 1.29 is 19.1 Å². The van der Waals surface area contributed by atoms with Gasteiger partial charge in [0.15, 0.2) is 0 Å². The molecule has 3 aromatic rings. The van der Waals surface area contributed by atoms with Crippen LogP contribution in [0.15, 0.2) is 53.6 Å². The molecule has 0 fully saturated rings. The quantitative estimate of drug-likeness (QED) is 0.0510. The lowest BCUT2D eigenvalue weighted by Gasteiger charge is -2.05. The molecule has 220 valence electrons. The first-order valence-electron chi connectivity index (χ1n) is 14.6. The average Bonchev–Trinajstić information content (AvgIpc) is 3.32. The number of benzene rings is 2. The van der Waals surface area contributed by atoms with Crippen LogP contribution in [0.2, 0.25) is 5.02 Å². The van der Waals surface area contributed by atoms with Crippen LogP contribution < -0.4 is 15.5 Å². The Morgan fingerprint density at radius 2 is 1.49 bits per heavy atom. The molecule has 3 rings (SSSR count). The zero-order valence-electron chi connectivity index (χ0n) is 23.8. The molecular weight excluding hydrogens is 558 g/mol. The summed E-state index contributed by atoms with van der Waals surface area (Å²) < 4.78 is 6.39. The summed E-state index contributed by atoms with van der Waals surface area (Å²) in [6, 6.07) is 14.2. The zero-order valence-corrected chi connectivity index (χ0v) is 25.3. The van der Waals surface area contributed by atoms with Gasteiger partial charge in [-0.3, -0.25) is 9.59 Å². The summed E-state index contributed by atoms with van der Waals surface area (Å²) in [4.78, 5) is 36.9. The molecule has 0 spiro atoms. The predicted molar refractivity (Wildman–Crippen MR) is 168 cm³/mol. The molecule has 2 N–H and O–H groups in total. The van der Waals surface area contributed by atoms with Crippen molar-refractivity contribution in [3.05, 3.63) is 64.0 Å². The predicted octanol–water partition coefficient (Wildman–Crippen LogP) is 8.04. The van der Waals surface area contributed by atoms with Crippen LogP contribution in [0.5, 0.6) is 5.75 Å². The van der Waals surface area contributed by atoms with Crippen LogP contribution in [0.1, 0.15) is 99.2 Å². The monoisotopic (exact) mass is 597 g/mol. The second-order valence-corrected chi connectivity index (χ2v) is 11.5. The topological polar surface area (TPSA) is 96.9 Å². The van der Waals surface area contributed by atoms with Crippen LogP contribution >= 0.6 is 22.9 Å². The largest absolute Gasteiger partial charge is 0.422 e. The van der Waals surface area contributed by atoms with Gasteiger partial charge in [0, 0.05) is 16.5 Å². The summed E-state index contributed by atoms with van der Waals surface area (Å²) in [5, 5.41) is 7.77. The number of carbonyl (C=O) groups is 3. The Balaban J connectivity index is 1.26. The molecule has 41 heavy (non-hydrogen) atoms. The maximum absolute atomic E-state index is 12.6. The van der Waals surface area contributed by atoms with Gasteiger partial charge in [0.1, 0.15) is 10.6 Å². The second kappa shape index (κ2) is 18.3. The fraction of sp³-hybridized carbons (Fsp3) is 0.438. The molecule has 0 saturated carbocycles. The molecule has 1 heterocycles. The fourth-order valence-electron chi connectivity index (χ4n) is 4.36. The Labute approximate surface area is 251 Å². The van der Waals surface area contributed by atoms with E-state index in [1.54, 1.807) is 24.3 Å². The number of rotatable bonds is 18. The Morgan fingerprint density at radius 3 is 2.15 bits per heavy atom. The Morgan fingerprint density at radius 1 is 0.854 bits per heavy atom. The minimum Gasteiger partial charge on any atom is -0.422 e. The molecule has 0 radical (unpaired) electrons. The number of esters is 1. The van der Waals surface area contributed by atoms with Crippen molar-refractivity contribution in [1.29, 1.82) is 0 Å². The minimum absolute atomic E-state index is 0.122. The smallest absolute Gasteiger partial charge is 0.355 e. The van der Waals surface area contributed by atoms with E-state index < -0.39 is 11.9 Å². The first-order chi connectivity index (χ1) is 20.0. The van der Waals surface area contributed by atoms with Gasteiger partial charge in [-0.25, -0.2) is 10.2 Å². The molecule has 0 aliphatic rings. The van der Waals surface area contributed by atoms with Crippen LogP contribution in [0.25, 0.3) is 10.1 Å². The highest BCUT2D eigenvalue weighted by atomic mass is 35.5. The lowest BCUT2D eigenvalue weighted by Crippen LogP contribution is -2.34. The van der Waals surface area contributed by atoms with Gasteiger partial charge in [0.05, 0.1) is 17.8 Å². The van der Waals surface area contributed by atoms with Crippen LogP contribution in [0, 0.1) is 0 Å². The number of fused-ring (bicyclic) bond motifs is 1. The Kier molecular flexibility index (Phi) is 14.4. The molecule has 0 bridgehead atoms. The first kappa shape index (κ1) is 32.3. The van der Waals surface area contributed by atoms with Crippen LogP contribution in [-0.2, 0) is 9.59 Å². The fourth-order valence-corrected chi connectivity index (χ4v) is 5.74. The zero-order chi connectivity index (χ0) is 29.3. The maximum Gasteiger partial charge on any atom is 0.355 e. The average molecular weight is 598 g/mol. The van der Waals surface area contributed by atoms with Gasteiger partial charge < -0.3 is 10.1 Å². The van der Waals surface area contributed by atoms with E-state index in [0.717, 1.165) is 29.3 Å². The molecule has 0 atom stereocenters. The number of nitrogens with one attached hydrogen (secondary N) is 2. The SMILES string of the molecule is CCCCCCCCCCCCCC(=O)NCC(=O)N/N=C\c1ccc(OC(=O)c2sc3ccccc3c2Cl)cc1. The highest BCUT2D eigenvalue weighted by Crippen LogP contribution is 2.35. The van der Waals surface area contributed by atoms with Gasteiger partial charge >= 0.3 is 5.97 Å². The molecular formula is C32H40ClN3O4S. The lowest BCUT2D eigenvalue weighted by atomic mass is 10.1. The molecule has 0 unspecified atom stereocenters. The third-order valence-corrected chi connectivity index (χ3v) is 8.32. The van der Waals surface area contributed by atoms with E-state index in [4.69, 9.17) is 16.3 Å². The van der Waals surface area contributed by atoms with Gasteiger partial charge in [-0.05, 0) is 42.3 Å². The Bertz CT molecular complexity index is 1290. The molecule has 0 saturated heterocycles. The lowest BCUT2D eigenvalue weighted by molar-refractivity contribution is -0.126. The number of carbonyl (C=O) groups excluding carboxylic acids is 3. The van der Waals surface area contributed by atoms with Crippen molar-refractivity contribution in [3.8, 4) is 5.75 Å². The number of unbranched alkanes of at least 4 members (excludes halogenated alkanes) is 10. The van der Waals surface area contributed by atoms with E-state index in [9.17, 15) is 14.4 Å². The summed E-state index contributed by atoms with van der Waals surface area (Å²) >= 11 is 7.65. The number of hydrazone groups is 1. The number of thiophene rings is 1. The van der Waals surface area contributed by atoms with E-state index in [-0.39, 0.29) is 12.5 Å². The van der Waals surface area contributed by atoms with Gasteiger partial charge in [0.2, 0.25) is 5.91 Å². The maximum atomic E-state index is 12.6. The van der Waals surface area contributed by atoms with E-state index in [1.165, 1.54) is 68.9 Å². The first-order valence-corrected chi connectivity index (χ1v) is 15.7. The number of hydrogen-bond donors (Lipinski definition) is 2. The van der Waals surface area contributed by atoms with Gasteiger partial charge in [0.25, 0.3) is 5.91 Å². The highest BCUT2D eigenvalue weighted by molar-refractivity contribution is 7.21. The molecule has 0 aliphatic carbocycles. The molecule has 9 heteroatoms. The standard InChI is InChI=1S/C32H40ClN3O4S/c1-2-3-4-5-6-7-8-9-10-11-12-17-28(37)34-23-29(38)36-35-22-24-18-20-25(21-19-24)40-32(39)31-30(33)26-15-13-14-16-27(26)41-31/h13-16,18-22H,2-12,17,23H2,1H3,(H,34,37)(H,36,38)/b35-22-. The van der Waals surface area contributed by atoms with E-state index in [2.05, 4.69) is 22.8 Å². The molecule has 2 amide bonds. The summed E-state index contributed by atoms with van der Waals surface area (Å²) in [5.74, 6) is -0.679. The number of amides is 2. The van der Waals surface area contributed by atoms with Gasteiger partial charge in [-0.2, -0.15) is 5.10 Å². The van der Waals surface area contributed by atoms with Crippen molar-refractivity contribution in [2.75, 3.05) is 6.54 Å². The van der Waals surface area contributed by atoms with Crippen LogP contribution in [0.3, 0.4) is 0 Å².